The molecule has 3 N–H and O–H groups in total. The van der Waals surface area contributed by atoms with Gasteiger partial charge in [0.15, 0.2) is 11.5 Å². The number of anilines is 1. The number of ether oxygens (including phenoxy) is 1. The summed E-state index contributed by atoms with van der Waals surface area (Å²) in [4.78, 5) is 24.1. The fourth-order valence-corrected chi connectivity index (χ4v) is 6.17. The summed E-state index contributed by atoms with van der Waals surface area (Å²) in [7, 11) is -3.78. The van der Waals surface area contributed by atoms with Gasteiger partial charge in [0.2, 0.25) is 0 Å². The van der Waals surface area contributed by atoms with Crippen LogP contribution in [0.2, 0.25) is 0 Å². The lowest BCUT2D eigenvalue weighted by Crippen LogP contribution is -2.42. The molecule has 2 aromatic rings. The topological polar surface area (TPSA) is 158 Å². The first-order chi connectivity index (χ1) is 15.6. The van der Waals surface area contributed by atoms with Gasteiger partial charge in [-0.3, -0.25) is 9.36 Å². The van der Waals surface area contributed by atoms with Crippen LogP contribution in [0.1, 0.15) is 53.4 Å². The Morgan fingerprint density at radius 1 is 1.27 bits per heavy atom. The summed E-state index contributed by atoms with van der Waals surface area (Å²) in [6.07, 6.45) is 5.80. The Balaban J connectivity index is 1.78. The molecular formula is C20H32N7O5P. The Morgan fingerprint density at radius 3 is 2.61 bits per heavy atom. The minimum Gasteiger partial charge on any atom is -0.480 e. The Labute approximate surface area is 192 Å². The van der Waals surface area contributed by atoms with Crippen molar-refractivity contribution in [3.8, 4) is 0 Å². The number of fused-ring (bicyclic) bond motifs is 1. The van der Waals surface area contributed by atoms with Crippen LogP contribution < -0.4 is 5.73 Å². The molecule has 1 aliphatic rings. The molecule has 0 aliphatic heterocycles. The van der Waals surface area contributed by atoms with Crippen LogP contribution in [0.15, 0.2) is 17.8 Å². The normalized spacial score (nSPS) is 17.9. The van der Waals surface area contributed by atoms with Crippen molar-refractivity contribution in [2.75, 3.05) is 12.1 Å². The minimum atomic E-state index is -3.78. The van der Waals surface area contributed by atoms with E-state index < -0.39 is 25.6 Å². The zero-order valence-electron chi connectivity index (χ0n) is 19.4. The monoisotopic (exact) mass is 481 g/mol. The fourth-order valence-electron chi connectivity index (χ4n) is 3.89. The van der Waals surface area contributed by atoms with Gasteiger partial charge in [-0.05, 0) is 53.4 Å². The number of aromatic nitrogens is 4. The molecule has 33 heavy (non-hydrogen) atoms. The van der Waals surface area contributed by atoms with Gasteiger partial charge in [0.25, 0.3) is 0 Å². The molecule has 0 spiro atoms. The molecule has 3 atom stereocenters. The molecule has 1 unspecified atom stereocenters. The molecular weight excluding hydrogens is 449 g/mol. The van der Waals surface area contributed by atoms with Crippen molar-refractivity contribution in [3.05, 3.63) is 12.7 Å². The Bertz CT molecular complexity index is 1050. The quantitative estimate of drug-likeness (QED) is 0.361. The number of aliphatic carboxylic acids is 1. The van der Waals surface area contributed by atoms with E-state index in [4.69, 9.17) is 15.1 Å². The Hall–Kier alpha value is -2.56. The summed E-state index contributed by atoms with van der Waals surface area (Å²) in [5.41, 5.74) is 7.72. The van der Waals surface area contributed by atoms with Gasteiger partial charge < -0.3 is 24.8 Å². The maximum Gasteiger partial charge on any atom is 0.367 e. The first-order valence-corrected chi connectivity index (χ1v) is 12.8. The van der Waals surface area contributed by atoms with E-state index in [1.54, 1.807) is 24.7 Å². The highest BCUT2D eigenvalue weighted by atomic mass is 31.2. The molecule has 0 bridgehead atoms. The standard InChI is InChI=1S/C20H32N7O5P/c1-13(2)27(15(4)20(28)29)33(30,32-25-16-7-5-6-8-16)12-31-14(3)9-26-11-24-17-18(21)22-10-23-19(17)26/h10-11,13-15H,5-9,12H2,1-4H3,(H,28,29)(H2,21,22,23)/t14-,15-,33?/m0/s1. The van der Waals surface area contributed by atoms with E-state index in [0.717, 1.165) is 31.4 Å². The molecule has 0 saturated heterocycles. The number of imidazole rings is 1. The number of nitrogens with two attached hydrogens (primary N) is 1. The third-order valence-electron chi connectivity index (χ3n) is 5.52. The van der Waals surface area contributed by atoms with Crippen LogP contribution in [0.5, 0.6) is 0 Å². The largest absolute Gasteiger partial charge is 0.480 e. The third kappa shape index (κ3) is 5.87. The molecule has 0 amide bonds. The molecule has 1 fully saturated rings. The average molecular weight is 481 g/mol. The summed E-state index contributed by atoms with van der Waals surface area (Å²) in [6, 6.07) is -1.42. The summed E-state index contributed by atoms with van der Waals surface area (Å²) in [5.74, 6) is -0.817. The molecule has 0 radical (unpaired) electrons. The molecule has 0 aromatic carbocycles. The van der Waals surface area contributed by atoms with Gasteiger partial charge in [0, 0.05) is 6.04 Å². The molecule has 2 heterocycles. The van der Waals surface area contributed by atoms with Crippen molar-refractivity contribution >= 4 is 36.2 Å². The molecule has 12 nitrogen and oxygen atoms in total. The second-order valence-corrected chi connectivity index (χ2v) is 10.7. The number of rotatable bonds is 11. The number of carboxylic acids is 1. The van der Waals surface area contributed by atoms with Crippen molar-refractivity contribution in [1.29, 1.82) is 0 Å². The molecule has 3 rings (SSSR count). The maximum absolute atomic E-state index is 14.0. The lowest BCUT2D eigenvalue weighted by molar-refractivity contribution is -0.141. The molecule has 13 heteroatoms. The SMILES string of the molecule is CC(C)N([C@@H](C)C(=O)O)P(=O)(CO[C@@H](C)Cn1cnc2c(N)ncnc21)ON=C1CCCC1. The van der Waals surface area contributed by atoms with Gasteiger partial charge in [-0.1, -0.05) is 5.16 Å². The maximum atomic E-state index is 14.0. The summed E-state index contributed by atoms with van der Waals surface area (Å²) in [5, 5.41) is 13.7. The van der Waals surface area contributed by atoms with Crippen LogP contribution in [0.3, 0.4) is 0 Å². The highest BCUT2D eigenvalue weighted by Gasteiger charge is 2.42. The van der Waals surface area contributed by atoms with E-state index in [1.807, 2.05) is 6.92 Å². The number of carbonyl (C=O) groups is 1. The van der Waals surface area contributed by atoms with E-state index in [-0.39, 0.29) is 18.2 Å². The fraction of sp³-hybridized carbons (Fsp3) is 0.650. The zero-order valence-corrected chi connectivity index (χ0v) is 20.3. The van der Waals surface area contributed by atoms with Crippen LogP contribution in [0.25, 0.3) is 11.2 Å². The number of carboxylic acid groups (broad SMARTS) is 1. The van der Waals surface area contributed by atoms with E-state index in [0.29, 0.717) is 17.7 Å². The van der Waals surface area contributed by atoms with Gasteiger partial charge in [-0.25, -0.2) is 19.6 Å². The molecule has 2 aromatic heterocycles. The van der Waals surface area contributed by atoms with Crippen LogP contribution >= 0.6 is 7.52 Å². The number of hydrogen-bond acceptors (Lipinski definition) is 9. The molecule has 182 valence electrons. The first kappa shape index (κ1) is 25.1. The lowest BCUT2D eigenvalue weighted by Gasteiger charge is -2.35. The molecule has 1 aliphatic carbocycles. The van der Waals surface area contributed by atoms with Crippen molar-refractivity contribution in [2.45, 2.75) is 78.1 Å². The van der Waals surface area contributed by atoms with Crippen LogP contribution in [0, 0.1) is 0 Å². The zero-order chi connectivity index (χ0) is 24.2. The highest BCUT2D eigenvalue weighted by molar-refractivity contribution is 7.56. The van der Waals surface area contributed by atoms with E-state index >= 15 is 0 Å². The minimum absolute atomic E-state index is 0.284. The number of nitrogen functional groups attached to an aromatic ring is 1. The number of nitrogens with zero attached hydrogens (tertiary/aromatic N) is 6. The van der Waals surface area contributed by atoms with Gasteiger partial charge >= 0.3 is 13.5 Å². The summed E-state index contributed by atoms with van der Waals surface area (Å²) >= 11 is 0. The van der Waals surface area contributed by atoms with Gasteiger partial charge in [0.05, 0.1) is 24.7 Å². The first-order valence-electron chi connectivity index (χ1n) is 11.0. The second kappa shape index (κ2) is 10.6. The smallest absolute Gasteiger partial charge is 0.367 e. The van der Waals surface area contributed by atoms with Crippen molar-refractivity contribution in [2.24, 2.45) is 5.16 Å². The van der Waals surface area contributed by atoms with Gasteiger partial charge in [-0.15, -0.1) is 0 Å². The Morgan fingerprint density at radius 2 is 1.97 bits per heavy atom. The highest BCUT2D eigenvalue weighted by Crippen LogP contribution is 2.54. The van der Waals surface area contributed by atoms with Crippen molar-refractivity contribution < 1.29 is 23.8 Å². The number of oxime groups is 1. The predicted molar refractivity (Wildman–Crippen MR) is 124 cm³/mol. The van der Waals surface area contributed by atoms with Crippen molar-refractivity contribution in [3.63, 3.8) is 0 Å². The predicted octanol–water partition coefficient (Wildman–Crippen LogP) is 3.09. The van der Waals surface area contributed by atoms with Crippen LogP contribution in [-0.2, 0) is 25.3 Å². The lowest BCUT2D eigenvalue weighted by atomic mass is 10.3. The Kier molecular flexibility index (Phi) is 8.04. The average Bonchev–Trinajstić information content (AvgIpc) is 3.42. The van der Waals surface area contributed by atoms with Gasteiger partial charge in [0.1, 0.15) is 24.2 Å². The van der Waals surface area contributed by atoms with Crippen molar-refractivity contribution in [1.82, 2.24) is 24.2 Å². The van der Waals surface area contributed by atoms with Gasteiger partial charge in [-0.2, -0.15) is 0 Å². The van der Waals surface area contributed by atoms with E-state index in [2.05, 4.69) is 20.1 Å². The molecule has 1 saturated carbocycles. The van der Waals surface area contributed by atoms with Crippen LogP contribution in [-0.4, -0.2) is 65.5 Å². The third-order valence-corrected chi connectivity index (χ3v) is 7.84. The summed E-state index contributed by atoms with van der Waals surface area (Å²) in [6.45, 7) is 7.18. The number of hydrogen-bond donors (Lipinski definition) is 2. The van der Waals surface area contributed by atoms with E-state index in [1.165, 1.54) is 17.9 Å². The van der Waals surface area contributed by atoms with E-state index in [9.17, 15) is 14.5 Å². The summed E-state index contributed by atoms with van der Waals surface area (Å²) < 4.78 is 28.6. The second-order valence-electron chi connectivity index (χ2n) is 8.51. The van der Waals surface area contributed by atoms with Crippen LogP contribution in [0.4, 0.5) is 5.82 Å².